The van der Waals surface area contributed by atoms with Crippen LogP contribution in [0.5, 0.6) is 5.75 Å². The standard InChI is InChI=1S/C21H29N3O2.HI/c1-16-5-8-19(17(2)13-16)15-24-21(22-3)23-14-18-6-9-20(10-7-18)26-12-11-25-4;/h5-10,13H,11-12,14-15H2,1-4H3,(H2,22,23,24);1H. The SMILES string of the molecule is CN=C(NCc1ccc(OCCOC)cc1)NCc1ccc(C)cc1C.I. The number of nitrogens with zero attached hydrogens (tertiary/aromatic N) is 1. The van der Waals surface area contributed by atoms with Gasteiger partial charge in [0.15, 0.2) is 5.96 Å². The van der Waals surface area contributed by atoms with Crippen LogP contribution in [0.25, 0.3) is 0 Å². The van der Waals surface area contributed by atoms with E-state index >= 15 is 0 Å². The number of benzene rings is 2. The van der Waals surface area contributed by atoms with Crippen molar-refractivity contribution >= 4 is 29.9 Å². The van der Waals surface area contributed by atoms with E-state index in [4.69, 9.17) is 9.47 Å². The molecule has 2 aromatic carbocycles. The molecule has 5 nitrogen and oxygen atoms in total. The minimum Gasteiger partial charge on any atom is -0.491 e. The first kappa shape index (κ1) is 23.2. The van der Waals surface area contributed by atoms with Gasteiger partial charge in [-0.2, -0.15) is 0 Å². The van der Waals surface area contributed by atoms with E-state index < -0.39 is 0 Å². The summed E-state index contributed by atoms with van der Waals surface area (Å²) in [5.74, 6) is 1.63. The first-order chi connectivity index (χ1) is 12.6. The average molecular weight is 483 g/mol. The van der Waals surface area contributed by atoms with Crippen molar-refractivity contribution < 1.29 is 9.47 Å². The van der Waals surface area contributed by atoms with Gasteiger partial charge in [0.2, 0.25) is 0 Å². The molecule has 0 aliphatic rings. The highest BCUT2D eigenvalue weighted by atomic mass is 127. The summed E-state index contributed by atoms with van der Waals surface area (Å²) >= 11 is 0. The Morgan fingerprint density at radius 1 is 0.963 bits per heavy atom. The summed E-state index contributed by atoms with van der Waals surface area (Å²) in [4.78, 5) is 4.29. The second kappa shape index (κ2) is 12.6. The van der Waals surface area contributed by atoms with Gasteiger partial charge in [0.1, 0.15) is 12.4 Å². The lowest BCUT2D eigenvalue weighted by molar-refractivity contribution is 0.146. The second-order valence-electron chi connectivity index (χ2n) is 6.19. The predicted molar refractivity (Wildman–Crippen MR) is 122 cm³/mol. The van der Waals surface area contributed by atoms with E-state index in [1.54, 1.807) is 14.2 Å². The van der Waals surface area contributed by atoms with Crippen molar-refractivity contribution in [1.82, 2.24) is 10.6 Å². The number of guanidine groups is 1. The smallest absolute Gasteiger partial charge is 0.191 e. The number of rotatable bonds is 8. The molecular weight excluding hydrogens is 453 g/mol. The van der Waals surface area contributed by atoms with Crippen LogP contribution in [0.3, 0.4) is 0 Å². The van der Waals surface area contributed by atoms with Crippen molar-refractivity contribution in [2.45, 2.75) is 26.9 Å². The molecule has 0 aliphatic heterocycles. The van der Waals surface area contributed by atoms with Crippen molar-refractivity contribution in [2.24, 2.45) is 4.99 Å². The molecule has 27 heavy (non-hydrogen) atoms. The molecule has 0 amide bonds. The van der Waals surface area contributed by atoms with Crippen molar-refractivity contribution in [3.63, 3.8) is 0 Å². The number of hydrogen-bond acceptors (Lipinski definition) is 3. The van der Waals surface area contributed by atoms with E-state index in [-0.39, 0.29) is 24.0 Å². The molecule has 0 bridgehead atoms. The number of nitrogens with one attached hydrogen (secondary N) is 2. The molecule has 2 N–H and O–H groups in total. The van der Waals surface area contributed by atoms with Crippen LogP contribution in [0.2, 0.25) is 0 Å². The maximum Gasteiger partial charge on any atom is 0.191 e. The van der Waals surface area contributed by atoms with Crippen LogP contribution in [0.1, 0.15) is 22.3 Å². The van der Waals surface area contributed by atoms with Crippen LogP contribution < -0.4 is 15.4 Å². The third-order valence-electron chi connectivity index (χ3n) is 4.11. The zero-order valence-electron chi connectivity index (χ0n) is 16.5. The molecule has 0 saturated carbocycles. The number of aliphatic imine (C=N–C) groups is 1. The van der Waals surface area contributed by atoms with Crippen molar-refractivity contribution in [2.75, 3.05) is 27.4 Å². The Kier molecular flexibility index (Phi) is 10.8. The van der Waals surface area contributed by atoms with Gasteiger partial charge in [0.25, 0.3) is 0 Å². The summed E-state index contributed by atoms with van der Waals surface area (Å²) in [6.45, 7) is 6.84. The van der Waals surface area contributed by atoms with E-state index in [1.165, 1.54) is 22.3 Å². The maximum absolute atomic E-state index is 5.57. The van der Waals surface area contributed by atoms with E-state index in [0.29, 0.717) is 19.8 Å². The molecule has 0 aromatic heterocycles. The molecule has 0 aliphatic carbocycles. The molecule has 6 heteroatoms. The number of hydrogen-bond donors (Lipinski definition) is 2. The Hall–Kier alpha value is -1.80. The zero-order valence-corrected chi connectivity index (χ0v) is 18.9. The molecule has 0 fully saturated rings. The largest absolute Gasteiger partial charge is 0.491 e. The number of aryl methyl sites for hydroxylation is 2. The Morgan fingerprint density at radius 3 is 2.30 bits per heavy atom. The van der Waals surface area contributed by atoms with Crippen LogP contribution in [0.4, 0.5) is 0 Å². The van der Waals surface area contributed by atoms with Crippen LogP contribution >= 0.6 is 24.0 Å². The molecule has 0 saturated heterocycles. The van der Waals surface area contributed by atoms with Gasteiger partial charge in [-0.05, 0) is 42.7 Å². The summed E-state index contributed by atoms with van der Waals surface area (Å²) in [5.41, 5.74) is 5.01. The lowest BCUT2D eigenvalue weighted by Crippen LogP contribution is -2.36. The van der Waals surface area contributed by atoms with E-state index in [0.717, 1.165) is 18.3 Å². The maximum atomic E-state index is 5.57. The quantitative estimate of drug-likeness (QED) is 0.260. The molecule has 148 valence electrons. The molecular formula is C21H30IN3O2. The first-order valence-electron chi connectivity index (χ1n) is 8.83. The molecule has 0 spiro atoms. The van der Waals surface area contributed by atoms with Crippen molar-refractivity contribution in [3.05, 3.63) is 64.7 Å². The lowest BCUT2D eigenvalue weighted by Gasteiger charge is -2.14. The molecule has 2 rings (SSSR count). The molecule has 0 unspecified atom stereocenters. The summed E-state index contributed by atoms with van der Waals surface area (Å²) in [6, 6.07) is 14.5. The minimum atomic E-state index is 0. The molecule has 0 atom stereocenters. The summed E-state index contributed by atoms with van der Waals surface area (Å²) in [5, 5.41) is 6.70. The summed E-state index contributed by atoms with van der Waals surface area (Å²) in [7, 11) is 3.45. The van der Waals surface area contributed by atoms with Gasteiger partial charge >= 0.3 is 0 Å². The third kappa shape index (κ3) is 8.17. The Morgan fingerprint density at radius 2 is 1.67 bits per heavy atom. The number of ether oxygens (including phenoxy) is 2. The lowest BCUT2D eigenvalue weighted by atomic mass is 10.1. The highest BCUT2D eigenvalue weighted by Gasteiger charge is 2.02. The van der Waals surface area contributed by atoms with Gasteiger partial charge in [-0.3, -0.25) is 4.99 Å². The fourth-order valence-corrected chi connectivity index (χ4v) is 2.58. The topological polar surface area (TPSA) is 54.9 Å². The normalized spacial score (nSPS) is 10.9. The van der Waals surface area contributed by atoms with Gasteiger partial charge in [0.05, 0.1) is 6.61 Å². The number of halogens is 1. The van der Waals surface area contributed by atoms with Crippen LogP contribution in [-0.2, 0) is 17.8 Å². The molecule has 0 heterocycles. The van der Waals surface area contributed by atoms with Crippen LogP contribution in [0, 0.1) is 13.8 Å². The van der Waals surface area contributed by atoms with Crippen LogP contribution in [-0.4, -0.2) is 33.3 Å². The van der Waals surface area contributed by atoms with E-state index in [1.807, 2.05) is 24.3 Å². The fraction of sp³-hybridized carbons (Fsp3) is 0.381. The predicted octanol–water partition coefficient (Wildman–Crippen LogP) is 3.81. The zero-order chi connectivity index (χ0) is 18.8. The van der Waals surface area contributed by atoms with Gasteiger partial charge in [-0.1, -0.05) is 35.9 Å². The van der Waals surface area contributed by atoms with Crippen molar-refractivity contribution in [3.8, 4) is 5.75 Å². The Labute approximate surface area is 179 Å². The Bertz CT molecular complexity index is 718. The first-order valence-corrected chi connectivity index (χ1v) is 8.83. The van der Waals surface area contributed by atoms with Crippen LogP contribution in [0.15, 0.2) is 47.5 Å². The second-order valence-corrected chi connectivity index (χ2v) is 6.19. The van der Waals surface area contributed by atoms with Gasteiger partial charge in [-0.15, -0.1) is 24.0 Å². The highest BCUT2D eigenvalue weighted by molar-refractivity contribution is 14.0. The summed E-state index contributed by atoms with van der Waals surface area (Å²) in [6.07, 6.45) is 0. The average Bonchev–Trinajstić information content (AvgIpc) is 2.64. The summed E-state index contributed by atoms with van der Waals surface area (Å²) < 4.78 is 10.6. The van der Waals surface area contributed by atoms with Gasteiger partial charge < -0.3 is 20.1 Å². The molecule has 0 radical (unpaired) electrons. The number of methoxy groups -OCH3 is 1. The van der Waals surface area contributed by atoms with Gasteiger partial charge in [-0.25, -0.2) is 0 Å². The highest BCUT2D eigenvalue weighted by Crippen LogP contribution is 2.12. The van der Waals surface area contributed by atoms with E-state index in [2.05, 4.69) is 47.7 Å². The van der Waals surface area contributed by atoms with Gasteiger partial charge in [0, 0.05) is 27.2 Å². The fourth-order valence-electron chi connectivity index (χ4n) is 2.58. The van der Waals surface area contributed by atoms with E-state index in [9.17, 15) is 0 Å². The monoisotopic (exact) mass is 483 g/mol. The van der Waals surface area contributed by atoms with Crippen molar-refractivity contribution in [1.29, 1.82) is 0 Å². The minimum absolute atomic E-state index is 0. The third-order valence-corrected chi connectivity index (χ3v) is 4.11. The molecule has 2 aromatic rings. The Balaban J connectivity index is 0.00000364.